The molecule has 0 aliphatic carbocycles. The zero-order chi connectivity index (χ0) is 16.2. The average Bonchev–Trinajstić information content (AvgIpc) is 2.31. The highest BCUT2D eigenvalue weighted by Crippen LogP contribution is 2.33. The van der Waals surface area contributed by atoms with Gasteiger partial charge in [-0.15, -0.1) is 13.2 Å². The van der Waals surface area contributed by atoms with Crippen LogP contribution in [0.15, 0.2) is 22.7 Å². The maximum absolute atomic E-state index is 12.4. The fourth-order valence-electron chi connectivity index (χ4n) is 1.54. The normalized spacial score (nSPS) is 12.6. The minimum atomic E-state index is -4.87. The molecule has 1 rings (SSSR count). The van der Waals surface area contributed by atoms with Crippen molar-refractivity contribution in [1.82, 2.24) is 0 Å². The van der Waals surface area contributed by atoms with Gasteiger partial charge in [0, 0.05) is 4.47 Å². The molecule has 0 aliphatic heterocycles. The summed E-state index contributed by atoms with van der Waals surface area (Å²) < 4.78 is 41.3. The zero-order valence-corrected chi connectivity index (χ0v) is 13.2. The molecule has 0 heterocycles. The van der Waals surface area contributed by atoms with Crippen molar-refractivity contribution in [2.24, 2.45) is 11.7 Å². The second-order valence-corrected chi connectivity index (χ2v) is 5.43. The number of nitrogens with one attached hydrogen (secondary N) is 1. The third-order valence-electron chi connectivity index (χ3n) is 2.50. The predicted molar refractivity (Wildman–Crippen MR) is 80.0 cm³/mol. The van der Waals surface area contributed by atoms with Gasteiger partial charge in [-0.2, -0.15) is 0 Å². The van der Waals surface area contributed by atoms with Crippen molar-refractivity contribution in [3.63, 3.8) is 0 Å². The fraction of sp³-hybridized carbons (Fsp3) is 0.333. The van der Waals surface area contributed by atoms with Gasteiger partial charge < -0.3 is 15.8 Å². The molecule has 0 saturated heterocycles. The van der Waals surface area contributed by atoms with E-state index in [-0.39, 0.29) is 10.7 Å². The Balaban J connectivity index is 3.02. The summed E-state index contributed by atoms with van der Waals surface area (Å²) >= 11 is 7.78. The van der Waals surface area contributed by atoms with Gasteiger partial charge in [-0.1, -0.05) is 35.1 Å². The Morgan fingerprint density at radius 3 is 2.62 bits per heavy atom. The minimum Gasteiger partial charge on any atom is -0.404 e. The molecular weight excluding hydrogens is 373 g/mol. The monoisotopic (exact) mass is 384 g/mol. The van der Waals surface area contributed by atoms with Crippen molar-refractivity contribution in [3.8, 4) is 5.75 Å². The van der Waals surface area contributed by atoms with Gasteiger partial charge in [-0.25, -0.2) is 0 Å². The Kier molecular flexibility index (Phi) is 5.97. The molecule has 0 spiro atoms. The number of rotatable bonds is 5. The maximum Gasteiger partial charge on any atom is 0.573 e. The van der Waals surface area contributed by atoms with Gasteiger partial charge in [0.1, 0.15) is 0 Å². The molecule has 1 atom stereocenters. The first-order valence-electron chi connectivity index (χ1n) is 5.79. The van der Waals surface area contributed by atoms with E-state index in [9.17, 15) is 18.0 Å². The standard InChI is InChI=1S/C12H12BrF3N2O2S/c1-2-7(10(17)21)11(19)18-8-4-3-6(13)5-9(8)20-12(14,15)16/h3-5,7H,2H2,1H3,(H2,17,21)(H,18,19). The van der Waals surface area contributed by atoms with E-state index >= 15 is 0 Å². The van der Waals surface area contributed by atoms with Gasteiger partial charge in [-0.05, 0) is 24.6 Å². The van der Waals surface area contributed by atoms with Crippen molar-refractivity contribution in [3.05, 3.63) is 22.7 Å². The second kappa shape index (κ2) is 7.08. The van der Waals surface area contributed by atoms with Crippen LogP contribution < -0.4 is 15.8 Å². The van der Waals surface area contributed by atoms with E-state index in [0.717, 1.165) is 6.07 Å². The van der Waals surface area contributed by atoms with Gasteiger partial charge in [-0.3, -0.25) is 4.79 Å². The number of nitrogens with two attached hydrogens (primary N) is 1. The van der Waals surface area contributed by atoms with Crippen LogP contribution in [0.1, 0.15) is 13.3 Å². The third kappa shape index (κ3) is 5.50. The predicted octanol–water partition coefficient (Wildman–Crippen LogP) is 3.60. The summed E-state index contributed by atoms with van der Waals surface area (Å²) in [5.74, 6) is -1.87. The summed E-state index contributed by atoms with van der Waals surface area (Å²) in [6.07, 6.45) is -4.53. The first kappa shape index (κ1) is 17.7. The molecule has 1 aromatic rings. The Morgan fingerprint density at radius 1 is 1.52 bits per heavy atom. The van der Waals surface area contributed by atoms with Crippen molar-refractivity contribution in [2.45, 2.75) is 19.7 Å². The highest BCUT2D eigenvalue weighted by atomic mass is 79.9. The number of halogens is 4. The molecular formula is C12H12BrF3N2O2S. The molecule has 0 aliphatic rings. The smallest absolute Gasteiger partial charge is 0.404 e. The summed E-state index contributed by atoms with van der Waals surface area (Å²) in [4.78, 5) is 11.9. The Bertz CT molecular complexity index is 552. The molecule has 1 unspecified atom stereocenters. The lowest BCUT2D eigenvalue weighted by molar-refractivity contribution is -0.274. The third-order valence-corrected chi connectivity index (χ3v) is 3.27. The lowest BCUT2D eigenvalue weighted by Crippen LogP contribution is -2.33. The number of ether oxygens (including phenoxy) is 1. The summed E-state index contributed by atoms with van der Waals surface area (Å²) in [7, 11) is 0. The number of carbonyl (C=O) groups excluding carboxylic acids is 1. The van der Waals surface area contributed by atoms with Crippen LogP contribution in [0.5, 0.6) is 5.75 Å². The van der Waals surface area contributed by atoms with Crippen molar-refractivity contribution in [2.75, 3.05) is 5.32 Å². The molecule has 0 bridgehead atoms. The van der Waals surface area contributed by atoms with Crippen molar-refractivity contribution >= 4 is 44.7 Å². The lowest BCUT2D eigenvalue weighted by Gasteiger charge is -2.17. The first-order chi connectivity index (χ1) is 9.64. The van der Waals surface area contributed by atoms with E-state index in [0.29, 0.717) is 10.9 Å². The number of amides is 1. The van der Waals surface area contributed by atoms with Crippen LogP contribution in [0.3, 0.4) is 0 Å². The molecule has 1 aromatic carbocycles. The molecule has 1 amide bonds. The van der Waals surface area contributed by atoms with Gasteiger partial charge in [0.15, 0.2) is 5.75 Å². The Morgan fingerprint density at radius 2 is 2.14 bits per heavy atom. The molecule has 21 heavy (non-hydrogen) atoms. The van der Waals surface area contributed by atoms with E-state index in [1.165, 1.54) is 12.1 Å². The number of alkyl halides is 3. The average molecular weight is 385 g/mol. The molecule has 0 aromatic heterocycles. The van der Waals surface area contributed by atoms with Gasteiger partial charge in [0.2, 0.25) is 5.91 Å². The van der Waals surface area contributed by atoms with Crippen LogP contribution in [-0.4, -0.2) is 17.3 Å². The minimum absolute atomic E-state index is 0.0228. The summed E-state index contributed by atoms with van der Waals surface area (Å²) in [5, 5.41) is 2.34. The fourth-order valence-corrected chi connectivity index (χ4v) is 2.16. The number of carbonyl (C=O) groups is 1. The van der Waals surface area contributed by atoms with Crippen molar-refractivity contribution < 1.29 is 22.7 Å². The van der Waals surface area contributed by atoms with Gasteiger partial charge in [0.05, 0.1) is 16.6 Å². The molecule has 9 heteroatoms. The molecule has 0 fully saturated rings. The van der Waals surface area contributed by atoms with Crippen LogP contribution in [0.4, 0.5) is 18.9 Å². The molecule has 0 saturated carbocycles. The quantitative estimate of drug-likeness (QED) is 0.761. The van der Waals surface area contributed by atoms with Crippen LogP contribution in [0.2, 0.25) is 0 Å². The topological polar surface area (TPSA) is 64.3 Å². The molecule has 0 radical (unpaired) electrons. The lowest BCUT2D eigenvalue weighted by atomic mass is 10.1. The Hall–Kier alpha value is -1.35. The van der Waals surface area contributed by atoms with Crippen LogP contribution >= 0.6 is 28.1 Å². The number of anilines is 1. The van der Waals surface area contributed by atoms with Crippen molar-refractivity contribution in [1.29, 1.82) is 0 Å². The highest BCUT2D eigenvalue weighted by molar-refractivity contribution is 9.10. The second-order valence-electron chi connectivity index (χ2n) is 4.04. The SMILES string of the molecule is CCC(C(=O)Nc1ccc(Br)cc1OC(F)(F)F)C(N)=S. The van der Waals surface area contributed by atoms with E-state index in [1.54, 1.807) is 6.92 Å². The van der Waals surface area contributed by atoms with E-state index in [1.807, 2.05) is 0 Å². The Labute approximate surface area is 133 Å². The van der Waals surface area contributed by atoms with Crippen LogP contribution in [0.25, 0.3) is 0 Å². The zero-order valence-electron chi connectivity index (χ0n) is 10.8. The van der Waals surface area contributed by atoms with E-state index in [4.69, 9.17) is 18.0 Å². The van der Waals surface area contributed by atoms with E-state index < -0.39 is 23.9 Å². The molecule has 3 N–H and O–H groups in total. The summed E-state index contributed by atoms with van der Waals surface area (Å²) in [5.41, 5.74) is 5.30. The summed E-state index contributed by atoms with van der Waals surface area (Å²) in [6, 6.07) is 3.86. The number of hydrogen-bond acceptors (Lipinski definition) is 3. The number of benzene rings is 1. The van der Waals surface area contributed by atoms with Gasteiger partial charge in [0.25, 0.3) is 0 Å². The maximum atomic E-state index is 12.4. The van der Waals surface area contributed by atoms with Gasteiger partial charge >= 0.3 is 6.36 Å². The molecule has 116 valence electrons. The highest BCUT2D eigenvalue weighted by Gasteiger charge is 2.32. The number of hydrogen-bond donors (Lipinski definition) is 2. The van der Waals surface area contributed by atoms with Crippen LogP contribution in [0, 0.1) is 5.92 Å². The largest absolute Gasteiger partial charge is 0.573 e. The number of thiocarbonyl (C=S) groups is 1. The first-order valence-corrected chi connectivity index (χ1v) is 6.99. The molecule has 4 nitrogen and oxygen atoms in total. The summed E-state index contributed by atoms with van der Waals surface area (Å²) in [6.45, 7) is 1.69. The van der Waals surface area contributed by atoms with Crippen LogP contribution in [-0.2, 0) is 4.79 Å². The van der Waals surface area contributed by atoms with E-state index in [2.05, 4.69) is 26.0 Å².